The van der Waals surface area contributed by atoms with Crippen LogP contribution in [0.1, 0.15) is 16.7 Å². The maximum Gasteiger partial charge on any atom is 0.0928 e. The highest BCUT2D eigenvalue weighted by atomic mass is 15.2. The van der Waals surface area contributed by atoms with E-state index in [2.05, 4.69) is 44.1 Å². The molecular weight excluding hydrogens is 184 g/mol. The molecule has 0 N–H and O–H groups in total. The number of nitrogens with zero attached hydrogens (tertiary/aromatic N) is 2. The van der Waals surface area contributed by atoms with Gasteiger partial charge in [-0.1, -0.05) is 17.7 Å². The molecule has 0 bridgehead atoms. The predicted octanol–water partition coefficient (Wildman–Crippen LogP) is 3.01. The molecule has 0 aliphatic rings. The first kappa shape index (κ1) is 9.97. The molecule has 0 aliphatic carbocycles. The zero-order valence-corrected chi connectivity index (χ0v) is 9.70. The third kappa shape index (κ3) is 1.80. The smallest absolute Gasteiger partial charge is 0.0928 e. The van der Waals surface area contributed by atoms with E-state index in [9.17, 15) is 0 Å². The lowest BCUT2D eigenvalue weighted by molar-refractivity contribution is 0.770. The largest absolute Gasteiger partial charge is 0.275 e. The molecule has 0 radical (unpaired) electrons. The Kier molecular flexibility index (Phi) is 2.35. The van der Waals surface area contributed by atoms with Crippen molar-refractivity contribution in [2.45, 2.75) is 20.8 Å². The van der Waals surface area contributed by atoms with Crippen LogP contribution < -0.4 is 0 Å². The highest BCUT2D eigenvalue weighted by Gasteiger charge is 2.08. The van der Waals surface area contributed by atoms with Crippen LogP contribution in [0.5, 0.6) is 0 Å². The van der Waals surface area contributed by atoms with Crippen LogP contribution in [0.3, 0.4) is 0 Å². The Bertz CT molecular complexity index is 472. The van der Waals surface area contributed by atoms with Crippen LogP contribution in [-0.4, -0.2) is 9.78 Å². The molecule has 1 heterocycles. The van der Waals surface area contributed by atoms with Gasteiger partial charge in [-0.15, -0.1) is 0 Å². The Balaban J connectivity index is 2.62. The molecule has 0 atom stereocenters. The van der Waals surface area contributed by atoms with Crippen LogP contribution in [0.2, 0.25) is 0 Å². The average molecular weight is 200 g/mol. The van der Waals surface area contributed by atoms with Crippen molar-refractivity contribution in [1.29, 1.82) is 0 Å². The number of benzene rings is 1. The molecule has 2 rings (SSSR count). The predicted molar refractivity (Wildman–Crippen MR) is 62.9 cm³/mol. The van der Waals surface area contributed by atoms with Crippen LogP contribution in [0.25, 0.3) is 11.3 Å². The molecule has 0 saturated heterocycles. The zero-order valence-electron chi connectivity index (χ0n) is 9.70. The minimum absolute atomic E-state index is 1.06. The van der Waals surface area contributed by atoms with Crippen LogP contribution in [0, 0.1) is 20.8 Å². The molecule has 2 aromatic rings. The molecule has 0 spiro atoms. The van der Waals surface area contributed by atoms with Gasteiger partial charge in [0.05, 0.1) is 5.69 Å². The van der Waals surface area contributed by atoms with Gasteiger partial charge in [0, 0.05) is 18.8 Å². The number of rotatable bonds is 1. The summed E-state index contributed by atoms with van der Waals surface area (Å²) in [6.07, 6.45) is 1.98. The van der Waals surface area contributed by atoms with E-state index >= 15 is 0 Å². The number of aromatic nitrogens is 2. The van der Waals surface area contributed by atoms with Crippen molar-refractivity contribution in [1.82, 2.24) is 9.78 Å². The summed E-state index contributed by atoms with van der Waals surface area (Å²) in [6, 6.07) is 6.47. The van der Waals surface area contributed by atoms with Crippen molar-refractivity contribution in [3.63, 3.8) is 0 Å². The summed E-state index contributed by atoms with van der Waals surface area (Å²) in [7, 11) is 1.95. The first-order chi connectivity index (χ1) is 7.08. The minimum atomic E-state index is 1.06. The summed E-state index contributed by atoms with van der Waals surface area (Å²) in [5.74, 6) is 0. The van der Waals surface area contributed by atoms with Crippen molar-refractivity contribution >= 4 is 0 Å². The van der Waals surface area contributed by atoms with Crippen molar-refractivity contribution in [2.24, 2.45) is 7.05 Å². The molecule has 0 aliphatic heterocycles. The average Bonchev–Trinajstić information content (AvgIpc) is 2.49. The van der Waals surface area contributed by atoms with Gasteiger partial charge >= 0.3 is 0 Å². The van der Waals surface area contributed by atoms with Gasteiger partial charge in [-0.2, -0.15) is 5.10 Å². The van der Waals surface area contributed by atoms with E-state index in [0.29, 0.717) is 0 Å². The van der Waals surface area contributed by atoms with Gasteiger partial charge in [-0.3, -0.25) is 4.68 Å². The Hall–Kier alpha value is -1.57. The molecule has 1 aromatic carbocycles. The van der Waals surface area contributed by atoms with Crippen LogP contribution in [0.15, 0.2) is 24.4 Å². The van der Waals surface area contributed by atoms with E-state index in [0.717, 1.165) is 5.69 Å². The van der Waals surface area contributed by atoms with Crippen LogP contribution >= 0.6 is 0 Å². The van der Waals surface area contributed by atoms with Gasteiger partial charge in [0.1, 0.15) is 0 Å². The summed E-state index contributed by atoms with van der Waals surface area (Å²) in [5, 5.41) is 4.45. The zero-order chi connectivity index (χ0) is 11.0. The van der Waals surface area contributed by atoms with E-state index in [1.807, 2.05) is 17.9 Å². The van der Waals surface area contributed by atoms with E-state index in [1.165, 1.54) is 22.3 Å². The monoisotopic (exact) mass is 200 g/mol. The first-order valence-corrected chi connectivity index (χ1v) is 5.16. The summed E-state index contributed by atoms with van der Waals surface area (Å²) in [4.78, 5) is 0. The summed E-state index contributed by atoms with van der Waals surface area (Å²) < 4.78 is 1.84. The third-order valence-corrected chi connectivity index (χ3v) is 2.65. The van der Waals surface area contributed by atoms with E-state index in [4.69, 9.17) is 0 Å². The Labute approximate surface area is 90.6 Å². The Morgan fingerprint density at radius 2 is 1.67 bits per heavy atom. The second-order valence-electron chi connectivity index (χ2n) is 4.15. The Morgan fingerprint density at radius 1 is 1.07 bits per heavy atom. The maximum atomic E-state index is 4.45. The third-order valence-electron chi connectivity index (χ3n) is 2.65. The number of hydrogen-bond acceptors (Lipinski definition) is 1. The lowest BCUT2D eigenvalue weighted by Crippen LogP contribution is -1.93. The molecule has 0 amide bonds. The van der Waals surface area contributed by atoms with E-state index in [-0.39, 0.29) is 0 Å². The number of hydrogen-bond donors (Lipinski definition) is 0. The summed E-state index contributed by atoms with van der Waals surface area (Å²) >= 11 is 0. The summed E-state index contributed by atoms with van der Waals surface area (Å²) in [6.45, 7) is 6.41. The maximum absolute atomic E-state index is 4.45. The first-order valence-electron chi connectivity index (χ1n) is 5.16. The number of aryl methyl sites for hydroxylation is 4. The fourth-order valence-electron chi connectivity index (χ4n) is 2.13. The molecule has 15 heavy (non-hydrogen) atoms. The molecular formula is C13H16N2. The van der Waals surface area contributed by atoms with Gasteiger partial charge in [0.15, 0.2) is 0 Å². The van der Waals surface area contributed by atoms with Gasteiger partial charge in [-0.05, 0) is 38.0 Å². The highest BCUT2D eigenvalue weighted by molar-refractivity contribution is 5.67. The second-order valence-corrected chi connectivity index (χ2v) is 4.15. The van der Waals surface area contributed by atoms with Gasteiger partial charge in [0.25, 0.3) is 0 Å². The van der Waals surface area contributed by atoms with Gasteiger partial charge in [0.2, 0.25) is 0 Å². The highest BCUT2D eigenvalue weighted by Crippen LogP contribution is 2.26. The quantitative estimate of drug-likeness (QED) is 0.692. The normalized spacial score (nSPS) is 10.7. The molecule has 1 aromatic heterocycles. The Morgan fingerprint density at radius 3 is 2.13 bits per heavy atom. The van der Waals surface area contributed by atoms with Crippen molar-refractivity contribution in [3.8, 4) is 11.3 Å². The molecule has 0 fully saturated rings. The lowest BCUT2D eigenvalue weighted by atomic mass is 9.98. The van der Waals surface area contributed by atoms with Crippen LogP contribution in [-0.2, 0) is 7.05 Å². The fourth-order valence-corrected chi connectivity index (χ4v) is 2.13. The molecule has 2 nitrogen and oxygen atoms in total. The van der Waals surface area contributed by atoms with Crippen molar-refractivity contribution < 1.29 is 0 Å². The molecule has 2 heteroatoms. The SMILES string of the molecule is Cc1cc(C)c(-c2ccn(C)n2)c(C)c1. The van der Waals surface area contributed by atoms with E-state index in [1.54, 1.807) is 0 Å². The van der Waals surface area contributed by atoms with Crippen LogP contribution in [0.4, 0.5) is 0 Å². The standard InChI is InChI=1S/C13H16N2/c1-9-7-10(2)13(11(3)8-9)12-5-6-15(4)14-12/h5-8H,1-4H3. The van der Waals surface area contributed by atoms with Gasteiger partial charge in [-0.25, -0.2) is 0 Å². The van der Waals surface area contributed by atoms with Crippen molar-refractivity contribution in [2.75, 3.05) is 0 Å². The topological polar surface area (TPSA) is 17.8 Å². The second kappa shape index (κ2) is 3.54. The lowest BCUT2D eigenvalue weighted by Gasteiger charge is -2.08. The van der Waals surface area contributed by atoms with Gasteiger partial charge < -0.3 is 0 Å². The minimum Gasteiger partial charge on any atom is -0.275 e. The van der Waals surface area contributed by atoms with E-state index < -0.39 is 0 Å². The molecule has 78 valence electrons. The molecule has 0 unspecified atom stereocenters. The fraction of sp³-hybridized carbons (Fsp3) is 0.308. The van der Waals surface area contributed by atoms with Crippen molar-refractivity contribution in [3.05, 3.63) is 41.1 Å². The summed E-state index contributed by atoms with van der Waals surface area (Å²) in [5.41, 5.74) is 6.23. The molecule has 0 saturated carbocycles.